The molecule has 10 rings (SSSR count). The second-order valence-electron chi connectivity index (χ2n) is 14.4. The number of hydrogen-bond donors (Lipinski definition) is 0. The normalized spacial score (nSPS) is 14.9. The predicted molar refractivity (Wildman–Crippen MR) is 217 cm³/mol. The molecule has 0 aromatic heterocycles. The summed E-state index contributed by atoms with van der Waals surface area (Å²) >= 11 is 0. The summed E-state index contributed by atoms with van der Waals surface area (Å²) in [5.41, 5.74) is 18.0. The first-order chi connectivity index (χ1) is 25.3. The first-order valence-corrected chi connectivity index (χ1v) is 18.6. The Morgan fingerprint density at radius 1 is 0.392 bits per heavy atom. The van der Waals surface area contributed by atoms with Crippen LogP contribution in [0.15, 0.2) is 170 Å². The van der Waals surface area contributed by atoms with E-state index < -0.39 is 0 Å². The molecule has 3 aliphatic rings. The van der Waals surface area contributed by atoms with Gasteiger partial charge in [-0.3, -0.25) is 0 Å². The van der Waals surface area contributed by atoms with Crippen LogP contribution < -0.4 is 26.2 Å². The Labute approximate surface area is 301 Å². The average Bonchev–Trinajstić information content (AvgIpc) is 3.21. The minimum Gasteiger partial charge on any atom is -0.311 e. The van der Waals surface area contributed by atoms with Crippen molar-refractivity contribution in [1.29, 1.82) is 0 Å². The molecular weight excluding hydrogens is 615 g/mol. The molecule has 0 N–H and O–H groups in total. The first-order valence-electron chi connectivity index (χ1n) is 18.6. The third kappa shape index (κ3) is 5.10. The third-order valence-corrected chi connectivity index (χ3v) is 11.4. The number of nitrogens with zero attached hydrogens (tertiary/aromatic N) is 2. The monoisotopic (exact) mass is 654 g/mol. The lowest BCUT2D eigenvalue weighted by Gasteiger charge is -2.45. The lowest BCUT2D eigenvalue weighted by atomic mass is 9.33. The molecule has 2 aliphatic heterocycles. The summed E-state index contributed by atoms with van der Waals surface area (Å²) in [6.07, 6.45) is 6.45. The van der Waals surface area contributed by atoms with Crippen molar-refractivity contribution in [3.05, 3.63) is 175 Å². The molecule has 2 heterocycles. The highest BCUT2D eigenvalue weighted by atomic mass is 15.2. The number of hydrogen-bond acceptors (Lipinski definition) is 2. The molecule has 0 spiro atoms. The van der Waals surface area contributed by atoms with Crippen molar-refractivity contribution < 1.29 is 0 Å². The Morgan fingerprint density at radius 2 is 0.863 bits per heavy atom. The van der Waals surface area contributed by atoms with Crippen LogP contribution in [0.1, 0.15) is 43.6 Å². The lowest BCUT2D eigenvalue weighted by Crippen LogP contribution is -2.61. The van der Waals surface area contributed by atoms with E-state index in [-0.39, 0.29) is 6.71 Å². The van der Waals surface area contributed by atoms with Crippen LogP contribution in [0.5, 0.6) is 0 Å². The standard InChI is InChI=1S/C48H39BN2/c1-5-17-34(18-6-1)37-29-38(35-19-7-2-8-20-35)31-41(30-37)51-45-28-16-14-26-43(45)49-42-25-13-15-27-44(42)50(40-23-11-4-12-24-40)46-32-39(33-47(51)48(46)49)36-21-9-3-10-22-36/h1-2,4-8,11-20,23-33,36H,3,9-10,21-22H2. The van der Waals surface area contributed by atoms with Crippen molar-refractivity contribution in [2.24, 2.45) is 0 Å². The van der Waals surface area contributed by atoms with Gasteiger partial charge in [0.25, 0.3) is 6.71 Å². The third-order valence-electron chi connectivity index (χ3n) is 11.4. The summed E-state index contributed by atoms with van der Waals surface area (Å²) in [6.45, 7) is 0.130. The van der Waals surface area contributed by atoms with Gasteiger partial charge in [-0.05, 0) is 118 Å². The maximum atomic E-state index is 2.59. The number of fused-ring (bicyclic) bond motifs is 4. The second-order valence-corrected chi connectivity index (χ2v) is 14.4. The van der Waals surface area contributed by atoms with Crippen molar-refractivity contribution in [1.82, 2.24) is 0 Å². The first kappa shape index (κ1) is 30.1. The van der Waals surface area contributed by atoms with E-state index in [9.17, 15) is 0 Å². The van der Waals surface area contributed by atoms with E-state index in [4.69, 9.17) is 0 Å². The topological polar surface area (TPSA) is 6.48 Å². The Morgan fingerprint density at radius 3 is 1.41 bits per heavy atom. The fourth-order valence-electron chi connectivity index (χ4n) is 9.06. The van der Waals surface area contributed by atoms with Crippen LogP contribution in [0.2, 0.25) is 0 Å². The molecule has 0 unspecified atom stereocenters. The van der Waals surface area contributed by atoms with E-state index in [2.05, 4.69) is 180 Å². The van der Waals surface area contributed by atoms with Crippen LogP contribution in [0.4, 0.5) is 34.1 Å². The van der Waals surface area contributed by atoms with Crippen LogP contribution in [0.3, 0.4) is 0 Å². The zero-order valence-electron chi connectivity index (χ0n) is 28.8. The van der Waals surface area contributed by atoms with Crippen LogP contribution in [-0.4, -0.2) is 6.71 Å². The van der Waals surface area contributed by atoms with Crippen molar-refractivity contribution in [2.45, 2.75) is 38.0 Å². The molecule has 7 aromatic rings. The van der Waals surface area contributed by atoms with Crippen molar-refractivity contribution in [3.63, 3.8) is 0 Å². The quantitative estimate of drug-likeness (QED) is 0.170. The Hall–Kier alpha value is -5.80. The molecule has 0 radical (unpaired) electrons. The Bertz CT molecular complexity index is 2310. The number of para-hydroxylation sites is 3. The molecule has 51 heavy (non-hydrogen) atoms. The summed E-state index contributed by atoms with van der Waals surface area (Å²) in [5, 5.41) is 0. The van der Waals surface area contributed by atoms with Crippen LogP contribution in [0, 0.1) is 0 Å². The van der Waals surface area contributed by atoms with Gasteiger partial charge < -0.3 is 9.80 Å². The fourth-order valence-corrected chi connectivity index (χ4v) is 9.06. The molecular formula is C48H39BN2. The fraction of sp³-hybridized carbons (Fsp3) is 0.125. The van der Waals surface area contributed by atoms with E-state index >= 15 is 0 Å². The minimum atomic E-state index is 0.130. The highest BCUT2D eigenvalue weighted by molar-refractivity contribution is 7.00. The molecule has 244 valence electrons. The summed E-state index contributed by atoms with van der Waals surface area (Å²) in [6, 6.07) is 63.2. The number of anilines is 6. The summed E-state index contributed by atoms with van der Waals surface area (Å²) < 4.78 is 0. The maximum Gasteiger partial charge on any atom is 0.252 e. The van der Waals surface area contributed by atoms with Gasteiger partial charge in [0.15, 0.2) is 0 Å². The zero-order chi connectivity index (χ0) is 33.7. The molecule has 7 aromatic carbocycles. The van der Waals surface area contributed by atoms with Crippen molar-refractivity contribution in [2.75, 3.05) is 9.80 Å². The SMILES string of the molecule is c1ccc(-c2cc(-c3ccccc3)cc(N3c4ccccc4B4c5ccccc5N(c5ccccc5)c5cc(C6CCCCC6)cc3c54)c2)cc1. The van der Waals surface area contributed by atoms with E-state index in [1.54, 1.807) is 0 Å². The van der Waals surface area contributed by atoms with E-state index in [0.717, 1.165) is 0 Å². The molecule has 2 nitrogen and oxygen atoms in total. The smallest absolute Gasteiger partial charge is 0.252 e. The number of rotatable bonds is 5. The zero-order valence-corrected chi connectivity index (χ0v) is 28.8. The molecule has 0 amide bonds. The summed E-state index contributed by atoms with van der Waals surface area (Å²) in [5.74, 6) is 0.558. The highest BCUT2D eigenvalue weighted by Gasteiger charge is 2.43. The molecule has 3 heteroatoms. The molecule has 0 atom stereocenters. The van der Waals surface area contributed by atoms with Gasteiger partial charge in [-0.15, -0.1) is 0 Å². The largest absolute Gasteiger partial charge is 0.311 e. The van der Waals surface area contributed by atoms with Gasteiger partial charge in [-0.2, -0.15) is 0 Å². The second kappa shape index (κ2) is 12.5. The summed E-state index contributed by atoms with van der Waals surface area (Å²) in [4.78, 5) is 5.13. The van der Waals surface area contributed by atoms with Crippen LogP contribution in [0.25, 0.3) is 22.3 Å². The van der Waals surface area contributed by atoms with Gasteiger partial charge in [0.05, 0.1) is 0 Å². The van der Waals surface area contributed by atoms with E-state index in [1.165, 1.54) is 110 Å². The van der Waals surface area contributed by atoms with Gasteiger partial charge in [-0.1, -0.05) is 135 Å². The highest BCUT2D eigenvalue weighted by Crippen LogP contribution is 2.47. The van der Waals surface area contributed by atoms with Gasteiger partial charge >= 0.3 is 0 Å². The Balaban J connectivity index is 1.29. The lowest BCUT2D eigenvalue weighted by molar-refractivity contribution is 0.444. The molecule has 0 saturated heterocycles. The molecule has 0 bridgehead atoms. The number of benzene rings is 7. The average molecular weight is 655 g/mol. The molecule has 1 fully saturated rings. The Kier molecular flexibility index (Phi) is 7.38. The van der Waals surface area contributed by atoms with Gasteiger partial charge in [0.2, 0.25) is 0 Å². The summed E-state index contributed by atoms with van der Waals surface area (Å²) in [7, 11) is 0. The van der Waals surface area contributed by atoms with E-state index in [1.807, 2.05) is 0 Å². The van der Waals surface area contributed by atoms with Crippen LogP contribution in [-0.2, 0) is 0 Å². The maximum absolute atomic E-state index is 2.59. The predicted octanol–water partition coefficient (Wildman–Crippen LogP) is 11.2. The molecule has 1 saturated carbocycles. The van der Waals surface area contributed by atoms with Crippen molar-refractivity contribution in [3.8, 4) is 22.3 Å². The van der Waals surface area contributed by atoms with Crippen LogP contribution >= 0.6 is 0 Å². The van der Waals surface area contributed by atoms with Crippen molar-refractivity contribution >= 4 is 57.2 Å². The van der Waals surface area contributed by atoms with Gasteiger partial charge in [-0.25, -0.2) is 0 Å². The molecule has 1 aliphatic carbocycles. The van der Waals surface area contributed by atoms with Gasteiger partial charge in [0, 0.05) is 34.1 Å². The van der Waals surface area contributed by atoms with E-state index in [0.29, 0.717) is 5.92 Å². The van der Waals surface area contributed by atoms with Gasteiger partial charge in [0.1, 0.15) is 0 Å². The minimum absolute atomic E-state index is 0.130.